The van der Waals surface area contributed by atoms with E-state index in [0.29, 0.717) is 64.0 Å². The van der Waals surface area contributed by atoms with Crippen LogP contribution < -0.4 is 20.3 Å². The van der Waals surface area contributed by atoms with E-state index in [1.807, 2.05) is 30.5 Å². The number of terminal acetylenes is 1. The second-order valence-corrected chi connectivity index (χ2v) is 12.0. The summed E-state index contributed by atoms with van der Waals surface area (Å²) >= 11 is 1.61. The summed E-state index contributed by atoms with van der Waals surface area (Å²) in [5.41, 5.74) is 1.49. The van der Waals surface area contributed by atoms with Gasteiger partial charge in [0.1, 0.15) is 22.8 Å². The number of nitrogens with one attached hydrogen (secondary N) is 2. The number of carbonyl (C=O) groups is 1. The first-order valence-corrected chi connectivity index (χ1v) is 15.8. The van der Waals surface area contributed by atoms with Crippen LogP contribution in [-0.2, 0) is 4.79 Å². The van der Waals surface area contributed by atoms with E-state index in [0.717, 1.165) is 17.7 Å². The molecule has 7 rings (SSSR count). The summed E-state index contributed by atoms with van der Waals surface area (Å²) < 4.78 is 22.4. The molecule has 2 aliphatic heterocycles. The molecule has 3 aromatic carbocycles. The quantitative estimate of drug-likeness (QED) is 0.164. The summed E-state index contributed by atoms with van der Waals surface area (Å²) in [6.45, 7) is 0.992. The molecule has 2 fully saturated rings. The molecule has 2 atom stereocenters. The molecule has 45 heavy (non-hydrogen) atoms. The van der Waals surface area contributed by atoms with Crippen LogP contribution in [0.25, 0.3) is 32.9 Å². The van der Waals surface area contributed by atoms with Gasteiger partial charge >= 0.3 is 6.01 Å². The van der Waals surface area contributed by atoms with E-state index in [-0.39, 0.29) is 29.6 Å². The van der Waals surface area contributed by atoms with E-state index in [9.17, 15) is 9.90 Å². The Balaban J connectivity index is 1.29. The predicted molar refractivity (Wildman–Crippen MR) is 174 cm³/mol. The fourth-order valence-electron chi connectivity index (χ4n) is 6.21. The number of anilines is 2. The number of aromatic hydroxyl groups is 1. The zero-order valence-electron chi connectivity index (χ0n) is 24.4. The molecule has 226 valence electrons. The molecule has 2 aromatic heterocycles. The van der Waals surface area contributed by atoms with Crippen LogP contribution in [0.4, 0.5) is 15.9 Å². The number of nitrogens with zero attached hydrogens (tertiary/aromatic N) is 4. The lowest BCUT2D eigenvalue weighted by Crippen LogP contribution is -2.51. The minimum absolute atomic E-state index is 0.00590. The number of amides is 1. The average molecular weight is 621 g/mol. The van der Waals surface area contributed by atoms with Crippen LogP contribution in [0.2, 0.25) is 0 Å². The number of halogens is 1. The Morgan fingerprint density at radius 2 is 1.96 bits per heavy atom. The molecule has 2 unspecified atom stereocenters. The van der Waals surface area contributed by atoms with Crippen LogP contribution in [0.1, 0.15) is 18.4 Å². The number of aromatic nitrogens is 3. The highest BCUT2D eigenvalue weighted by molar-refractivity contribution is 7.98. The lowest BCUT2D eigenvalue weighted by atomic mass is 9.96. The third kappa shape index (κ3) is 5.59. The van der Waals surface area contributed by atoms with E-state index < -0.39 is 11.7 Å². The van der Waals surface area contributed by atoms with E-state index >= 15 is 4.39 Å². The lowest BCUT2D eigenvalue weighted by Gasteiger charge is -2.34. The summed E-state index contributed by atoms with van der Waals surface area (Å²) in [6, 6.07) is 16.3. The highest BCUT2D eigenvalue weighted by atomic mass is 32.2. The molecule has 2 saturated heterocycles. The Bertz CT molecular complexity index is 1990. The van der Waals surface area contributed by atoms with Crippen molar-refractivity contribution in [1.29, 1.82) is 0 Å². The number of rotatable bonds is 7. The highest BCUT2D eigenvalue weighted by Gasteiger charge is 2.34. The Kier molecular flexibility index (Phi) is 7.61. The molecule has 5 aromatic rings. The number of hydrogen-bond acceptors (Lipinski definition) is 9. The largest absolute Gasteiger partial charge is 0.508 e. The van der Waals surface area contributed by atoms with Crippen LogP contribution in [0, 0.1) is 18.2 Å². The number of phenolic OH excluding ortho intramolecular Hbond substituents is 1. The fraction of sp³-hybridized carbons (Fsp3) is 0.235. The zero-order chi connectivity index (χ0) is 31.1. The van der Waals surface area contributed by atoms with E-state index in [1.54, 1.807) is 42.2 Å². The van der Waals surface area contributed by atoms with Gasteiger partial charge in [0, 0.05) is 58.5 Å². The van der Waals surface area contributed by atoms with Gasteiger partial charge in [0.15, 0.2) is 12.4 Å². The smallest absolute Gasteiger partial charge is 0.319 e. The number of thioether (sulfide) groups is 1. The number of carbonyl (C=O) groups excluding carboxylic acids is 1. The van der Waals surface area contributed by atoms with Gasteiger partial charge in [-0.05, 0) is 66.9 Å². The lowest BCUT2D eigenvalue weighted by molar-refractivity contribution is -0.118. The maximum Gasteiger partial charge on any atom is 0.319 e. The third-order valence-corrected chi connectivity index (χ3v) is 8.98. The molecule has 2 bridgehead atoms. The number of fused-ring (bicyclic) bond motifs is 4. The van der Waals surface area contributed by atoms with Gasteiger partial charge in [0.2, 0.25) is 0 Å². The van der Waals surface area contributed by atoms with Crippen molar-refractivity contribution < 1.29 is 19.0 Å². The van der Waals surface area contributed by atoms with Gasteiger partial charge in [-0.3, -0.25) is 9.78 Å². The van der Waals surface area contributed by atoms with Gasteiger partial charge in [-0.2, -0.15) is 9.97 Å². The second kappa shape index (κ2) is 11.9. The summed E-state index contributed by atoms with van der Waals surface area (Å²) in [6.07, 6.45) is 11.4. The van der Waals surface area contributed by atoms with Crippen LogP contribution >= 0.6 is 11.8 Å². The van der Waals surface area contributed by atoms with Crippen molar-refractivity contribution in [1.82, 2.24) is 20.3 Å². The molecule has 4 heterocycles. The van der Waals surface area contributed by atoms with Gasteiger partial charge in [-0.25, -0.2) is 4.39 Å². The molecule has 0 saturated carbocycles. The Labute approximate surface area is 263 Å². The molecule has 2 aliphatic rings. The number of pyridine rings is 1. The van der Waals surface area contributed by atoms with E-state index in [2.05, 4.69) is 36.4 Å². The summed E-state index contributed by atoms with van der Waals surface area (Å²) in [4.78, 5) is 29.6. The van der Waals surface area contributed by atoms with E-state index in [1.165, 1.54) is 6.07 Å². The molecule has 11 heteroatoms. The Morgan fingerprint density at radius 1 is 1.18 bits per heavy atom. The average Bonchev–Trinajstić information content (AvgIpc) is 3.40. The summed E-state index contributed by atoms with van der Waals surface area (Å²) in [7, 11) is 0. The van der Waals surface area contributed by atoms with Crippen molar-refractivity contribution in [2.75, 3.05) is 36.2 Å². The maximum absolute atomic E-state index is 16.6. The molecule has 0 spiro atoms. The number of phenols is 1. The first-order valence-electron chi connectivity index (χ1n) is 14.6. The second-order valence-electron chi connectivity index (χ2n) is 11.2. The number of benzene rings is 3. The number of piperazine rings is 1. The molecular weight excluding hydrogens is 591 g/mol. The highest BCUT2D eigenvalue weighted by Crippen LogP contribution is 2.38. The Hall–Kier alpha value is -4.92. The molecule has 9 nitrogen and oxygen atoms in total. The first-order chi connectivity index (χ1) is 21.9. The van der Waals surface area contributed by atoms with Crippen molar-refractivity contribution in [3.63, 3.8) is 0 Å². The van der Waals surface area contributed by atoms with Gasteiger partial charge in [0.25, 0.3) is 5.91 Å². The summed E-state index contributed by atoms with van der Waals surface area (Å²) in [5, 5.41) is 18.6. The normalized spacial score (nSPS) is 17.4. The van der Waals surface area contributed by atoms with Gasteiger partial charge in [-0.1, -0.05) is 18.1 Å². The van der Waals surface area contributed by atoms with Gasteiger partial charge in [0.05, 0.1) is 5.39 Å². The monoisotopic (exact) mass is 620 g/mol. The Morgan fingerprint density at radius 3 is 2.69 bits per heavy atom. The molecule has 0 radical (unpaired) electrons. The topological polar surface area (TPSA) is 113 Å². The van der Waals surface area contributed by atoms with Crippen LogP contribution in [0.5, 0.6) is 11.8 Å². The molecule has 0 aliphatic carbocycles. The van der Waals surface area contributed by atoms with Crippen LogP contribution in [0.3, 0.4) is 0 Å². The zero-order valence-corrected chi connectivity index (χ0v) is 25.2. The van der Waals surface area contributed by atoms with Gasteiger partial charge in [-0.15, -0.1) is 18.2 Å². The van der Waals surface area contributed by atoms with E-state index in [4.69, 9.17) is 11.2 Å². The minimum Gasteiger partial charge on any atom is -0.508 e. The molecular formula is C34H29FN6O3S. The first kappa shape index (κ1) is 28.8. The number of ether oxygens (including phenoxy) is 1. The van der Waals surface area contributed by atoms with Crippen molar-refractivity contribution in [2.24, 2.45) is 0 Å². The standard InChI is InChI=1S/C34H29FN6O3S/c1-3-19-5-4-6-20-13-24(42)14-26(29(19)20)31-30(35)32-27(15-36-31)33(41-16-22-7-8-23(17-41)37-22)40-34(39-32)44-18-28(43)38-21-9-11-25(45-2)12-10-21/h1,4-6,9-15,22-23,37,42H,7-8,16-18H2,2H3,(H,38,43). The molecule has 1 amide bonds. The third-order valence-electron chi connectivity index (χ3n) is 8.24. The predicted octanol–water partition coefficient (Wildman–Crippen LogP) is 5.35. The van der Waals surface area contributed by atoms with Crippen LogP contribution in [-0.4, -0.2) is 64.0 Å². The van der Waals surface area contributed by atoms with Crippen molar-refractivity contribution in [3.8, 4) is 35.4 Å². The number of hydrogen-bond donors (Lipinski definition) is 3. The minimum atomic E-state index is -0.712. The SMILES string of the molecule is C#Cc1cccc2cc(O)cc(-c3ncc4c(N5CC6CCC(C5)N6)nc(OCC(=O)Nc5ccc(SC)cc5)nc4c3F)c12. The van der Waals surface area contributed by atoms with Crippen molar-refractivity contribution in [3.05, 3.63) is 72.2 Å². The van der Waals surface area contributed by atoms with Crippen LogP contribution in [0.15, 0.2) is 65.7 Å². The van der Waals surface area contributed by atoms with Gasteiger partial charge < -0.3 is 25.4 Å². The summed E-state index contributed by atoms with van der Waals surface area (Å²) in [5.74, 6) is 1.98. The van der Waals surface area contributed by atoms with Crippen molar-refractivity contribution in [2.45, 2.75) is 29.8 Å². The van der Waals surface area contributed by atoms with Crippen molar-refractivity contribution >= 4 is 50.8 Å². The fourth-order valence-corrected chi connectivity index (χ4v) is 6.61. The maximum atomic E-state index is 16.6. The molecule has 3 N–H and O–H groups in total.